The van der Waals surface area contributed by atoms with Gasteiger partial charge in [-0.1, -0.05) is 30.3 Å². The van der Waals surface area contributed by atoms with E-state index in [1.54, 1.807) is 22.9 Å². The maximum atomic E-state index is 11.9. The largest absolute Gasteiger partial charge is 0.337 e. The smallest absolute Gasteiger partial charge is 0.320 e. The summed E-state index contributed by atoms with van der Waals surface area (Å²) in [6, 6.07) is 11.8. The van der Waals surface area contributed by atoms with Gasteiger partial charge in [-0.3, -0.25) is 10.00 Å². The molecule has 124 valence electrons. The van der Waals surface area contributed by atoms with Crippen LogP contribution in [0.4, 0.5) is 10.6 Å². The molecular weight excluding hydrogens is 322 g/mol. The standard InChI is InChI=1S/C17H19N5OS/c1-13(14-5-3-2-4-6-14)22-10-8-16(21-22)20-17(23)18-9-7-15-11-24-12-19-15/h2-6,8,10-13H,7,9H2,1H3,(H2,18,20,21,23)/t13-/m1/s1. The molecule has 0 bridgehead atoms. The first-order valence-corrected chi connectivity index (χ1v) is 8.68. The zero-order valence-corrected chi connectivity index (χ0v) is 14.2. The normalized spacial score (nSPS) is 11.9. The molecule has 1 aromatic carbocycles. The van der Waals surface area contributed by atoms with Crippen molar-refractivity contribution in [3.05, 3.63) is 64.7 Å². The van der Waals surface area contributed by atoms with E-state index in [-0.39, 0.29) is 12.1 Å². The van der Waals surface area contributed by atoms with E-state index in [2.05, 4.69) is 39.8 Å². The third kappa shape index (κ3) is 4.20. The Balaban J connectivity index is 1.51. The highest BCUT2D eigenvalue weighted by Crippen LogP contribution is 2.17. The summed E-state index contributed by atoms with van der Waals surface area (Å²) in [6.45, 7) is 2.61. The fraction of sp³-hybridized carbons (Fsp3) is 0.235. The van der Waals surface area contributed by atoms with Gasteiger partial charge in [0.2, 0.25) is 0 Å². The first kappa shape index (κ1) is 16.2. The van der Waals surface area contributed by atoms with E-state index in [1.807, 2.05) is 34.5 Å². The van der Waals surface area contributed by atoms with E-state index >= 15 is 0 Å². The molecule has 0 spiro atoms. The van der Waals surface area contributed by atoms with Gasteiger partial charge in [0.25, 0.3) is 0 Å². The lowest BCUT2D eigenvalue weighted by atomic mass is 10.1. The van der Waals surface area contributed by atoms with Crippen molar-refractivity contribution in [2.45, 2.75) is 19.4 Å². The maximum absolute atomic E-state index is 11.9. The molecule has 0 aliphatic carbocycles. The van der Waals surface area contributed by atoms with Crippen LogP contribution in [0.2, 0.25) is 0 Å². The Hall–Kier alpha value is -2.67. The Morgan fingerprint density at radius 3 is 2.88 bits per heavy atom. The highest BCUT2D eigenvalue weighted by Gasteiger charge is 2.10. The number of carbonyl (C=O) groups is 1. The van der Waals surface area contributed by atoms with Gasteiger partial charge in [0.05, 0.1) is 17.2 Å². The lowest BCUT2D eigenvalue weighted by Crippen LogP contribution is -2.30. The molecule has 1 atom stereocenters. The van der Waals surface area contributed by atoms with E-state index in [9.17, 15) is 4.79 Å². The number of urea groups is 1. The van der Waals surface area contributed by atoms with Crippen LogP contribution in [0.25, 0.3) is 0 Å². The molecular formula is C17H19N5OS. The average molecular weight is 341 g/mol. The van der Waals surface area contributed by atoms with Crippen molar-refractivity contribution in [3.8, 4) is 0 Å². The molecule has 0 aliphatic heterocycles. The summed E-state index contributed by atoms with van der Waals surface area (Å²) in [5.41, 5.74) is 3.94. The molecule has 0 unspecified atom stereocenters. The minimum absolute atomic E-state index is 0.106. The van der Waals surface area contributed by atoms with Crippen LogP contribution in [0.3, 0.4) is 0 Å². The molecule has 6 nitrogen and oxygen atoms in total. The Morgan fingerprint density at radius 2 is 2.12 bits per heavy atom. The SMILES string of the molecule is C[C@H](c1ccccc1)n1ccc(NC(=O)NCCc2cscn2)n1. The Labute approximate surface area is 144 Å². The molecule has 24 heavy (non-hydrogen) atoms. The average Bonchev–Trinajstić information content (AvgIpc) is 3.27. The van der Waals surface area contributed by atoms with Crippen LogP contribution >= 0.6 is 11.3 Å². The fourth-order valence-electron chi connectivity index (χ4n) is 2.33. The maximum Gasteiger partial charge on any atom is 0.320 e. The molecule has 0 radical (unpaired) electrons. The predicted molar refractivity (Wildman–Crippen MR) is 95.3 cm³/mol. The molecule has 2 aromatic heterocycles. The number of hydrogen-bond donors (Lipinski definition) is 2. The molecule has 2 N–H and O–H groups in total. The molecule has 0 saturated heterocycles. The van der Waals surface area contributed by atoms with Crippen LogP contribution in [-0.4, -0.2) is 27.3 Å². The van der Waals surface area contributed by atoms with E-state index in [0.717, 1.165) is 12.1 Å². The zero-order valence-electron chi connectivity index (χ0n) is 13.3. The van der Waals surface area contributed by atoms with Crippen molar-refractivity contribution in [2.75, 3.05) is 11.9 Å². The number of carbonyl (C=O) groups excluding carboxylic acids is 1. The number of nitrogens with one attached hydrogen (secondary N) is 2. The number of anilines is 1. The van der Waals surface area contributed by atoms with Crippen molar-refractivity contribution >= 4 is 23.2 Å². The second-order valence-corrected chi connectivity index (χ2v) is 6.10. The van der Waals surface area contributed by atoms with Crippen molar-refractivity contribution in [1.29, 1.82) is 0 Å². The van der Waals surface area contributed by atoms with Crippen LogP contribution in [0, 0.1) is 0 Å². The van der Waals surface area contributed by atoms with Crippen LogP contribution in [0.1, 0.15) is 24.2 Å². The van der Waals surface area contributed by atoms with E-state index < -0.39 is 0 Å². The second-order valence-electron chi connectivity index (χ2n) is 5.38. The summed E-state index contributed by atoms with van der Waals surface area (Å²) >= 11 is 1.55. The van der Waals surface area contributed by atoms with Gasteiger partial charge in [-0.2, -0.15) is 5.10 Å². The monoisotopic (exact) mass is 341 g/mol. The van der Waals surface area contributed by atoms with Gasteiger partial charge in [0.15, 0.2) is 5.82 Å². The molecule has 3 aromatic rings. The summed E-state index contributed by atoms with van der Waals surface area (Å²) in [7, 11) is 0. The van der Waals surface area contributed by atoms with Gasteiger partial charge in [0, 0.05) is 30.6 Å². The first-order chi connectivity index (χ1) is 11.7. The molecule has 2 amide bonds. The summed E-state index contributed by atoms with van der Waals surface area (Å²) < 4.78 is 1.83. The highest BCUT2D eigenvalue weighted by molar-refractivity contribution is 7.07. The molecule has 7 heteroatoms. The fourth-order valence-corrected chi connectivity index (χ4v) is 2.92. The molecule has 0 aliphatic rings. The molecule has 2 heterocycles. The number of amides is 2. The minimum atomic E-state index is -0.261. The number of aromatic nitrogens is 3. The van der Waals surface area contributed by atoms with Crippen molar-refractivity contribution in [2.24, 2.45) is 0 Å². The number of rotatable bonds is 6. The van der Waals surface area contributed by atoms with Crippen molar-refractivity contribution in [1.82, 2.24) is 20.1 Å². The summed E-state index contributed by atoms with van der Waals surface area (Å²) in [6.07, 6.45) is 2.58. The van der Waals surface area contributed by atoms with Gasteiger partial charge in [0.1, 0.15) is 0 Å². The van der Waals surface area contributed by atoms with Gasteiger partial charge in [-0.25, -0.2) is 9.78 Å². The van der Waals surface area contributed by atoms with Crippen LogP contribution in [0.15, 0.2) is 53.5 Å². The number of benzene rings is 1. The third-order valence-electron chi connectivity index (χ3n) is 3.68. The molecule has 0 saturated carbocycles. The van der Waals surface area contributed by atoms with E-state index in [1.165, 1.54) is 5.56 Å². The lowest BCUT2D eigenvalue weighted by Gasteiger charge is -2.12. The Kier molecular flexibility index (Phi) is 5.22. The van der Waals surface area contributed by atoms with Gasteiger partial charge < -0.3 is 5.32 Å². The van der Waals surface area contributed by atoms with Crippen molar-refractivity contribution in [3.63, 3.8) is 0 Å². The number of thiazole rings is 1. The minimum Gasteiger partial charge on any atom is -0.337 e. The third-order valence-corrected chi connectivity index (χ3v) is 4.31. The van der Waals surface area contributed by atoms with Crippen LogP contribution < -0.4 is 10.6 Å². The lowest BCUT2D eigenvalue weighted by molar-refractivity contribution is 0.252. The van der Waals surface area contributed by atoms with Gasteiger partial charge in [-0.15, -0.1) is 11.3 Å². The zero-order chi connectivity index (χ0) is 16.8. The first-order valence-electron chi connectivity index (χ1n) is 7.74. The Bertz CT molecular complexity index is 769. The van der Waals surface area contributed by atoms with Crippen molar-refractivity contribution < 1.29 is 4.79 Å². The van der Waals surface area contributed by atoms with E-state index in [0.29, 0.717) is 12.4 Å². The van der Waals surface area contributed by atoms with Gasteiger partial charge >= 0.3 is 6.03 Å². The highest BCUT2D eigenvalue weighted by atomic mass is 32.1. The number of hydrogen-bond acceptors (Lipinski definition) is 4. The number of nitrogens with zero attached hydrogens (tertiary/aromatic N) is 3. The van der Waals surface area contributed by atoms with Gasteiger partial charge in [-0.05, 0) is 12.5 Å². The van der Waals surface area contributed by atoms with Crippen LogP contribution in [0.5, 0.6) is 0 Å². The quantitative estimate of drug-likeness (QED) is 0.722. The molecule has 0 fully saturated rings. The van der Waals surface area contributed by atoms with E-state index in [4.69, 9.17) is 0 Å². The topological polar surface area (TPSA) is 71.8 Å². The molecule has 3 rings (SSSR count). The summed E-state index contributed by atoms with van der Waals surface area (Å²) in [5.74, 6) is 0.531. The predicted octanol–water partition coefficient (Wildman–Crippen LogP) is 3.31. The summed E-state index contributed by atoms with van der Waals surface area (Å²) in [5, 5.41) is 12.0. The van der Waals surface area contributed by atoms with Crippen LogP contribution in [-0.2, 0) is 6.42 Å². The summed E-state index contributed by atoms with van der Waals surface area (Å²) in [4.78, 5) is 16.1. The Morgan fingerprint density at radius 1 is 1.29 bits per heavy atom. The second kappa shape index (κ2) is 7.74.